The van der Waals surface area contributed by atoms with Crippen LogP contribution in [0.5, 0.6) is 0 Å². The number of ether oxygens (including phenoxy) is 2. The van der Waals surface area contributed by atoms with Gasteiger partial charge in [0.2, 0.25) is 0 Å². The van der Waals surface area contributed by atoms with Gasteiger partial charge in [0.05, 0.1) is 0 Å². The van der Waals surface area contributed by atoms with Crippen molar-refractivity contribution in [2.75, 3.05) is 32.8 Å². The van der Waals surface area contributed by atoms with Crippen molar-refractivity contribution in [1.29, 1.82) is 0 Å². The highest BCUT2D eigenvalue weighted by molar-refractivity contribution is 5.81. The highest BCUT2D eigenvalue weighted by Gasteiger charge is 2.31. The summed E-state index contributed by atoms with van der Waals surface area (Å²) in [6.45, 7) is 3.17. The zero-order chi connectivity index (χ0) is 12.8. The van der Waals surface area contributed by atoms with Gasteiger partial charge in [-0.25, -0.2) is 0 Å². The van der Waals surface area contributed by atoms with Crippen LogP contribution in [0, 0.1) is 0 Å². The SMILES string of the molecule is O=CCOC1CCCC(C(=O)N2CCNCC2)O1. The minimum atomic E-state index is -0.416. The third-order valence-electron chi connectivity index (χ3n) is 3.28. The van der Waals surface area contributed by atoms with Crippen LogP contribution in [0.15, 0.2) is 0 Å². The van der Waals surface area contributed by atoms with E-state index < -0.39 is 12.4 Å². The first-order chi connectivity index (χ1) is 8.81. The molecule has 0 aromatic rings. The van der Waals surface area contributed by atoms with Gasteiger partial charge >= 0.3 is 0 Å². The molecule has 0 bridgehead atoms. The topological polar surface area (TPSA) is 67.9 Å². The fraction of sp³-hybridized carbons (Fsp3) is 0.833. The second-order valence-electron chi connectivity index (χ2n) is 4.56. The number of nitrogens with one attached hydrogen (secondary N) is 1. The monoisotopic (exact) mass is 256 g/mol. The van der Waals surface area contributed by atoms with E-state index in [0.717, 1.165) is 45.4 Å². The quantitative estimate of drug-likeness (QED) is 0.689. The molecule has 0 spiro atoms. The Morgan fingerprint density at radius 1 is 1.39 bits per heavy atom. The maximum atomic E-state index is 12.2. The van der Waals surface area contributed by atoms with Gasteiger partial charge in [-0.1, -0.05) is 0 Å². The average molecular weight is 256 g/mol. The Balaban J connectivity index is 1.83. The molecule has 0 saturated carbocycles. The fourth-order valence-corrected chi connectivity index (χ4v) is 2.33. The van der Waals surface area contributed by atoms with E-state index in [4.69, 9.17) is 9.47 Å². The average Bonchev–Trinajstić information content (AvgIpc) is 2.45. The smallest absolute Gasteiger partial charge is 0.251 e. The van der Waals surface area contributed by atoms with Crippen molar-refractivity contribution in [3.8, 4) is 0 Å². The predicted octanol–water partition coefficient (Wildman–Crippen LogP) is -0.471. The molecule has 102 valence electrons. The zero-order valence-electron chi connectivity index (χ0n) is 10.5. The Morgan fingerprint density at radius 3 is 2.89 bits per heavy atom. The number of nitrogens with zero attached hydrogens (tertiary/aromatic N) is 1. The number of hydrogen-bond acceptors (Lipinski definition) is 5. The summed E-state index contributed by atoms with van der Waals surface area (Å²) in [4.78, 5) is 24.3. The van der Waals surface area contributed by atoms with Crippen molar-refractivity contribution >= 4 is 12.2 Å². The van der Waals surface area contributed by atoms with Crippen molar-refractivity contribution < 1.29 is 19.1 Å². The van der Waals surface area contributed by atoms with Crippen LogP contribution in [0.1, 0.15) is 19.3 Å². The largest absolute Gasteiger partial charge is 0.345 e. The Bertz CT molecular complexity index is 292. The lowest BCUT2D eigenvalue weighted by atomic mass is 10.1. The number of carbonyl (C=O) groups excluding carboxylic acids is 2. The first-order valence-electron chi connectivity index (χ1n) is 6.51. The molecule has 0 aliphatic carbocycles. The molecular weight excluding hydrogens is 236 g/mol. The van der Waals surface area contributed by atoms with Crippen LogP contribution in [0.3, 0.4) is 0 Å². The molecular formula is C12H20N2O4. The van der Waals surface area contributed by atoms with E-state index in [2.05, 4.69) is 5.32 Å². The molecule has 2 unspecified atom stereocenters. The summed E-state index contributed by atoms with van der Waals surface area (Å²) in [6, 6.07) is 0. The van der Waals surface area contributed by atoms with E-state index in [9.17, 15) is 9.59 Å². The molecule has 2 atom stereocenters. The summed E-state index contributed by atoms with van der Waals surface area (Å²) < 4.78 is 10.8. The van der Waals surface area contributed by atoms with E-state index in [0.29, 0.717) is 6.29 Å². The lowest BCUT2D eigenvalue weighted by Gasteiger charge is -2.34. The number of aldehydes is 1. The van der Waals surface area contributed by atoms with Crippen LogP contribution in [-0.2, 0) is 19.1 Å². The number of piperazine rings is 1. The van der Waals surface area contributed by atoms with Crippen molar-refractivity contribution in [3.05, 3.63) is 0 Å². The van der Waals surface area contributed by atoms with Gasteiger partial charge in [-0.2, -0.15) is 0 Å². The van der Waals surface area contributed by atoms with Crippen LogP contribution in [0.4, 0.5) is 0 Å². The van der Waals surface area contributed by atoms with Crippen molar-refractivity contribution in [2.45, 2.75) is 31.7 Å². The highest BCUT2D eigenvalue weighted by Crippen LogP contribution is 2.21. The molecule has 2 aliphatic heterocycles. The Kier molecular flexibility index (Phi) is 5.10. The van der Waals surface area contributed by atoms with E-state index in [-0.39, 0.29) is 12.5 Å². The third-order valence-corrected chi connectivity index (χ3v) is 3.28. The zero-order valence-corrected chi connectivity index (χ0v) is 10.5. The van der Waals surface area contributed by atoms with Crippen molar-refractivity contribution in [3.63, 3.8) is 0 Å². The van der Waals surface area contributed by atoms with E-state index in [1.54, 1.807) is 0 Å². The van der Waals surface area contributed by atoms with E-state index in [1.165, 1.54) is 0 Å². The summed E-state index contributed by atoms with van der Waals surface area (Å²) in [5.74, 6) is 0.0518. The summed E-state index contributed by atoms with van der Waals surface area (Å²) in [5.41, 5.74) is 0. The van der Waals surface area contributed by atoms with Gasteiger partial charge in [0, 0.05) is 26.2 Å². The Labute approximate surface area is 107 Å². The van der Waals surface area contributed by atoms with Crippen LogP contribution < -0.4 is 5.32 Å². The number of amides is 1. The van der Waals surface area contributed by atoms with Gasteiger partial charge in [-0.15, -0.1) is 0 Å². The van der Waals surface area contributed by atoms with Crippen molar-refractivity contribution in [2.24, 2.45) is 0 Å². The lowest BCUT2D eigenvalue weighted by molar-refractivity contribution is -0.200. The molecule has 6 heteroatoms. The maximum absolute atomic E-state index is 12.2. The van der Waals surface area contributed by atoms with E-state index in [1.807, 2.05) is 4.90 Å². The second-order valence-corrected chi connectivity index (χ2v) is 4.56. The molecule has 6 nitrogen and oxygen atoms in total. The van der Waals surface area contributed by atoms with Crippen LogP contribution in [0.2, 0.25) is 0 Å². The van der Waals surface area contributed by atoms with Gasteiger partial charge in [-0.3, -0.25) is 4.79 Å². The van der Waals surface area contributed by atoms with Crippen molar-refractivity contribution in [1.82, 2.24) is 10.2 Å². The first-order valence-corrected chi connectivity index (χ1v) is 6.51. The predicted molar refractivity (Wildman–Crippen MR) is 64.0 cm³/mol. The van der Waals surface area contributed by atoms with Gasteiger partial charge < -0.3 is 24.5 Å². The minimum absolute atomic E-state index is 0.0270. The summed E-state index contributed by atoms with van der Waals surface area (Å²) in [7, 11) is 0. The minimum Gasteiger partial charge on any atom is -0.345 e. The number of rotatable bonds is 4. The highest BCUT2D eigenvalue weighted by atomic mass is 16.7. The third kappa shape index (κ3) is 3.51. The Hall–Kier alpha value is -0.980. The van der Waals surface area contributed by atoms with Crippen LogP contribution in [-0.4, -0.2) is 62.3 Å². The molecule has 2 saturated heterocycles. The summed E-state index contributed by atoms with van der Waals surface area (Å²) in [6.07, 6.45) is 2.26. The molecule has 18 heavy (non-hydrogen) atoms. The first kappa shape index (κ1) is 13.5. The Morgan fingerprint density at radius 2 is 2.17 bits per heavy atom. The molecule has 2 heterocycles. The molecule has 2 aliphatic rings. The van der Waals surface area contributed by atoms with Gasteiger partial charge in [-0.05, 0) is 19.3 Å². The summed E-state index contributed by atoms with van der Waals surface area (Å²) >= 11 is 0. The molecule has 2 fully saturated rings. The maximum Gasteiger partial charge on any atom is 0.251 e. The standard InChI is InChI=1S/C12H20N2O4/c15-8-9-17-11-3-1-2-10(18-11)12(16)14-6-4-13-5-7-14/h8,10-11,13H,1-7,9H2. The molecule has 0 aromatic heterocycles. The molecule has 2 rings (SSSR count). The van der Waals surface area contributed by atoms with E-state index >= 15 is 0 Å². The van der Waals surface area contributed by atoms with Crippen LogP contribution >= 0.6 is 0 Å². The van der Waals surface area contributed by atoms with Gasteiger partial charge in [0.1, 0.15) is 19.0 Å². The van der Waals surface area contributed by atoms with Gasteiger partial charge in [0.15, 0.2) is 6.29 Å². The van der Waals surface area contributed by atoms with Crippen LogP contribution in [0.25, 0.3) is 0 Å². The number of carbonyl (C=O) groups is 2. The lowest BCUT2D eigenvalue weighted by Crippen LogP contribution is -2.51. The molecule has 1 amide bonds. The summed E-state index contributed by atoms with van der Waals surface area (Å²) in [5, 5.41) is 3.21. The molecule has 1 N–H and O–H groups in total. The second kappa shape index (κ2) is 6.82. The number of hydrogen-bond donors (Lipinski definition) is 1. The fourth-order valence-electron chi connectivity index (χ4n) is 2.33. The molecule has 0 aromatic carbocycles. The normalized spacial score (nSPS) is 29.0. The molecule has 0 radical (unpaired) electrons. The van der Waals surface area contributed by atoms with Gasteiger partial charge in [0.25, 0.3) is 5.91 Å².